The Bertz CT molecular complexity index is 658. The largest absolute Gasteiger partial charge is 0.443 e. The standard InChI is InChI=1S/C21H33N3O4/c1-20(2,3)27-18(25)24(19(26)28-21(4,5)6)15-16-8-7-9-17(14-16)23-12-10-22-11-13-23/h7-9,14,22H,10-13,15H2,1-6H3. The van der Waals surface area contributed by atoms with Crippen molar-refractivity contribution in [3.63, 3.8) is 0 Å². The van der Waals surface area contributed by atoms with Gasteiger partial charge in [-0.2, -0.15) is 0 Å². The molecule has 28 heavy (non-hydrogen) atoms. The summed E-state index contributed by atoms with van der Waals surface area (Å²) in [6, 6.07) is 7.88. The van der Waals surface area contributed by atoms with Gasteiger partial charge in [-0.15, -0.1) is 0 Å². The average Bonchev–Trinajstić information content (AvgIpc) is 2.57. The Kier molecular flexibility index (Phi) is 6.93. The number of carbonyl (C=O) groups is 2. The normalized spacial score (nSPS) is 15.1. The molecule has 156 valence electrons. The Morgan fingerprint density at radius 1 is 1.00 bits per heavy atom. The van der Waals surface area contributed by atoms with E-state index in [1.807, 2.05) is 24.3 Å². The molecule has 1 fully saturated rings. The number of rotatable bonds is 3. The van der Waals surface area contributed by atoms with Crippen molar-refractivity contribution in [2.75, 3.05) is 31.1 Å². The summed E-state index contributed by atoms with van der Waals surface area (Å²) in [5.41, 5.74) is 0.500. The third-order valence-electron chi connectivity index (χ3n) is 3.96. The molecule has 7 nitrogen and oxygen atoms in total. The molecule has 0 spiro atoms. The third kappa shape index (κ3) is 7.03. The van der Waals surface area contributed by atoms with Gasteiger partial charge in [0.2, 0.25) is 0 Å². The summed E-state index contributed by atoms with van der Waals surface area (Å²) < 4.78 is 10.8. The van der Waals surface area contributed by atoms with Crippen LogP contribution in [0.15, 0.2) is 24.3 Å². The van der Waals surface area contributed by atoms with E-state index >= 15 is 0 Å². The summed E-state index contributed by atoms with van der Waals surface area (Å²) in [6.07, 6.45) is -1.43. The van der Waals surface area contributed by atoms with Crippen LogP contribution in [0.4, 0.5) is 15.3 Å². The van der Waals surface area contributed by atoms with Crippen LogP contribution in [0, 0.1) is 0 Å². The summed E-state index contributed by atoms with van der Waals surface area (Å²) in [5.74, 6) is 0. The number of hydrogen-bond acceptors (Lipinski definition) is 6. The number of nitrogens with one attached hydrogen (secondary N) is 1. The van der Waals surface area contributed by atoms with Crippen LogP contribution in [-0.2, 0) is 16.0 Å². The zero-order chi connectivity index (χ0) is 20.9. The predicted molar refractivity (Wildman–Crippen MR) is 110 cm³/mol. The maximum Gasteiger partial charge on any atom is 0.420 e. The van der Waals surface area contributed by atoms with Crippen LogP contribution < -0.4 is 10.2 Å². The van der Waals surface area contributed by atoms with Gasteiger partial charge in [-0.25, -0.2) is 14.5 Å². The van der Waals surface area contributed by atoms with Gasteiger partial charge in [0.1, 0.15) is 11.2 Å². The molecule has 1 aromatic rings. The molecule has 0 bridgehead atoms. The Labute approximate surface area is 168 Å². The Balaban J connectivity index is 2.21. The number of anilines is 1. The lowest BCUT2D eigenvalue weighted by molar-refractivity contribution is -0.000246. The van der Waals surface area contributed by atoms with Crippen molar-refractivity contribution in [2.24, 2.45) is 0 Å². The highest BCUT2D eigenvalue weighted by Crippen LogP contribution is 2.21. The highest BCUT2D eigenvalue weighted by molar-refractivity contribution is 5.88. The van der Waals surface area contributed by atoms with E-state index in [1.54, 1.807) is 41.5 Å². The quantitative estimate of drug-likeness (QED) is 0.846. The summed E-state index contributed by atoms with van der Waals surface area (Å²) >= 11 is 0. The third-order valence-corrected chi connectivity index (χ3v) is 3.96. The van der Waals surface area contributed by atoms with Crippen LogP contribution in [-0.4, -0.2) is 54.5 Å². The van der Waals surface area contributed by atoms with Crippen LogP contribution in [0.25, 0.3) is 0 Å². The summed E-state index contributed by atoms with van der Waals surface area (Å²) in [4.78, 5) is 28.6. The lowest BCUT2D eigenvalue weighted by Crippen LogP contribution is -2.44. The van der Waals surface area contributed by atoms with Crippen molar-refractivity contribution in [3.8, 4) is 0 Å². The molecule has 1 aromatic carbocycles. The first-order valence-corrected chi connectivity index (χ1v) is 9.73. The van der Waals surface area contributed by atoms with Crippen LogP contribution in [0.5, 0.6) is 0 Å². The van der Waals surface area contributed by atoms with E-state index in [0.29, 0.717) is 0 Å². The highest BCUT2D eigenvalue weighted by Gasteiger charge is 2.31. The molecule has 0 radical (unpaired) electrons. The van der Waals surface area contributed by atoms with Gasteiger partial charge in [-0.1, -0.05) is 12.1 Å². The smallest absolute Gasteiger partial charge is 0.420 e. The molecular weight excluding hydrogens is 358 g/mol. The van der Waals surface area contributed by atoms with Crippen molar-refractivity contribution in [1.82, 2.24) is 10.2 Å². The van der Waals surface area contributed by atoms with Gasteiger partial charge < -0.3 is 19.7 Å². The van der Waals surface area contributed by atoms with Crippen LogP contribution in [0.3, 0.4) is 0 Å². The van der Waals surface area contributed by atoms with Crippen molar-refractivity contribution in [1.29, 1.82) is 0 Å². The predicted octanol–water partition coefficient (Wildman–Crippen LogP) is 3.77. The van der Waals surface area contributed by atoms with Crippen LogP contribution in [0.2, 0.25) is 0 Å². The molecular formula is C21H33N3O4. The number of piperazine rings is 1. The molecule has 0 unspecified atom stereocenters. The molecule has 0 aliphatic carbocycles. The van der Waals surface area contributed by atoms with Crippen molar-refractivity contribution >= 4 is 17.9 Å². The first-order valence-electron chi connectivity index (χ1n) is 9.73. The molecule has 1 heterocycles. The van der Waals surface area contributed by atoms with E-state index in [1.165, 1.54) is 0 Å². The SMILES string of the molecule is CC(C)(C)OC(=O)N(Cc1cccc(N2CCNCC2)c1)C(=O)OC(C)(C)C. The molecule has 1 saturated heterocycles. The number of carbonyl (C=O) groups excluding carboxylic acids is 2. The fraction of sp³-hybridized carbons (Fsp3) is 0.619. The van der Waals surface area contributed by atoms with E-state index in [2.05, 4.69) is 10.2 Å². The molecule has 0 saturated carbocycles. The fourth-order valence-electron chi connectivity index (χ4n) is 2.79. The minimum atomic E-state index is -0.714. The Hall–Kier alpha value is -2.28. The Morgan fingerprint density at radius 3 is 2.04 bits per heavy atom. The molecule has 0 aromatic heterocycles. The Morgan fingerprint density at radius 2 is 1.54 bits per heavy atom. The topological polar surface area (TPSA) is 71.1 Å². The molecule has 1 aliphatic rings. The van der Waals surface area contributed by atoms with Gasteiger partial charge in [-0.3, -0.25) is 0 Å². The first kappa shape index (κ1) is 22.0. The second-order valence-corrected chi connectivity index (χ2v) is 8.95. The minimum absolute atomic E-state index is 0.0871. The van der Waals surface area contributed by atoms with Gasteiger partial charge in [-0.05, 0) is 59.2 Å². The lowest BCUT2D eigenvalue weighted by atomic mass is 10.1. The van der Waals surface area contributed by atoms with Crippen LogP contribution in [0.1, 0.15) is 47.1 Å². The van der Waals surface area contributed by atoms with E-state index in [9.17, 15) is 9.59 Å². The van der Waals surface area contributed by atoms with Gasteiger partial charge >= 0.3 is 12.2 Å². The van der Waals surface area contributed by atoms with Crippen molar-refractivity contribution in [2.45, 2.75) is 59.3 Å². The van der Waals surface area contributed by atoms with Crippen molar-refractivity contribution in [3.05, 3.63) is 29.8 Å². The van der Waals surface area contributed by atoms with E-state index in [4.69, 9.17) is 9.47 Å². The second-order valence-electron chi connectivity index (χ2n) is 8.95. The maximum absolute atomic E-state index is 12.7. The fourth-order valence-corrected chi connectivity index (χ4v) is 2.79. The monoisotopic (exact) mass is 391 g/mol. The molecule has 0 atom stereocenters. The van der Waals surface area contributed by atoms with Crippen molar-refractivity contribution < 1.29 is 19.1 Å². The molecule has 2 rings (SSSR count). The summed E-state index contributed by atoms with van der Waals surface area (Å²) in [7, 11) is 0. The van der Waals surface area contributed by atoms with Gasteiger partial charge in [0.05, 0.1) is 6.54 Å². The molecule has 7 heteroatoms. The number of amides is 2. The summed E-state index contributed by atoms with van der Waals surface area (Å²) in [6.45, 7) is 14.4. The molecule has 1 aliphatic heterocycles. The lowest BCUT2D eigenvalue weighted by Gasteiger charge is -2.30. The van der Waals surface area contributed by atoms with E-state index < -0.39 is 23.4 Å². The maximum atomic E-state index is 12.7. The minimum Gasteiger partial charge on any atom is -0.443 e. The van der Waals surface area contributed by atoms with E-state index in [-0.39, 0.29) is 6.54 Å². The zero-order valence-corrected chi connectivity index (χ0v) is 17.9. The number of hydrogen-bond donors (Lipinski definition) is 1. The highest BCUT2D eigenvalue weighted by atomic mass is 16.6. The van der Waals surface area contributed by atoms with Gasteiger partial charge in [0, 0.05) is 31.9 Å². The van der Waals surface area contributed by atoms with Gasteiger partial charge in [0.25, 0.3) is 0 Å². The zero-order valence-electron chi connectivity index (χ0n) is 17.9. The van der Waals surface area contributed by atoms with Crippen LogP contribution >= 0.6 is 0 Å². The number of benzene rings is 1. The van der Waals surface area contributed by atoms with Gasteiger partial charge in [0.15, 0.2) is 0 Å². The average molecular weight is 392 g/mol. The molecule has 1 N–H and O–H groups in total. The first-order chi connectivity index (χ1) is 12.9. The number of nitrogens with zero attached hydrogens (tertiary/aromatic N) is 2. The molecule has 2 amide bonds. The number of ether oxygens (including phenoxy) is 2. The second kappa shape index (κ2) is 8.82. The summed E-state index contributed by atoms with van der Waals surface area (Å²) in [5, 5.41) is 3.33. The van der Waals surface area contributed by atoms with E-state index in [0.717, 1.165) is 42.3 Å². The number of imide groups is 1.